The number of halogens is 2. The molecule has 5 heteroatoms. The summed E-state index contributed by atoms with van der Waals surface area (Å²) in [5.74, 6) is -0.389. The van der Waals surface area contributed by atoms with Crippen LogP contribution in [0.1, 0.15) is 0 Å². The van der Waals surface area contributed by atoms with Crippen LogP contribution < -0.4 is 0 Å². The monoisotopic (exact) mass is 228 g/mol. The van der Waals surface area contributed by atoms with Gasteiger partial charge in [-0.1, -0.05) is 29.4 Å². The van der Waals surface area contributed by atoms with E-state index in [1.165, 1.54) is 17.8 Å². The van der Waals surface area contributed by atoms with Gasteiger partial charge in [-0.05, 0) is 18.4 Å². The normalized spacial score (nSPS) is 10.8. The molecule has 0 spiro atoms. The van der Waals surface area contributed by atoms with Gasteiger partial charge in [0, 0.05) is 0 Å². The third kappa shape index (κ3) is 1.55. The van der Waals surface area contributed by atoms with E-state index in [0.717, 1.165) is 0 Å². The third-order valence-electron chi connectivity index (χ3n) is 1.79. The molecule has 0 atom stereocenters. The van der Waals surface area contributed by atoms with Gasteiger partial charge in [-0.2, -0.15) is 0 Å². The average molecular weight is 229 g/mol. The summed E-state index contributed by atoms with van der Waals surface area (Å²) in [4.78, 5) is 8.10. The van der Waals surface area contributed by atoms with Gasteiger partial charge in [-0.25, -0.2) is 14.4 Å². The summed E-state index contributed by atoms with van der Waals surface area (Å²) in [5, 5.41) is 0.998. The Balaban J connectivity index is 2.83. The van der Waals surface area contributed by atoms with Crippen molar-refractivity contribution < 1.29 is 4.39 Å². The van der Waals surface area contributed by atoms with E-state index in [-0.39, 0.29) is 16.4 Å². The molecule has 72 valence electrons. The molecule has 1 aromatic carbocycles. The average Bonchev–Trinajstić information content (AvgIpc) is 2.17. The Hall–Kier alpha value is -0.870. The van der Waals surface area contributed by atoms with Gasteiger partial charge >= 0.3 is 0 Å². The summed E-state index contributed by atoms with van der Waals surface area (Å²) < 4.78 is 13.3. The number of hydrogen-bond donors (Lipinski definition) is 0. The molecular formula is C9H6ClFN2S. The molecule has 0 amide bonds. The SMILES string of the molecule is CSc1nc(Cl)c2c(F)cccc2n1. The number of aromatic nitrogens is 2. The molecular weight excluding hydrogens is 223 g/mol. The fraction of sp³-hybridized carbons (Fsp3) is 0.111. The largest absolute Gasteiger partial charge is 0.222 e. The highest BCUT2D eigenvalue weighted by molar-refractivity contribution is 7.98. The number of hydrogen-bond acceptors (Lipinski definition) is 3. The van der Waals surface area contributed by atoms with Crippen molar-refractivity contribution in [2.24, 2.45) is 0 Å². The third-order valence-corrected chi connectivity index (χ3v) is 2.61. The molecule has 1 heterocycles. The lowest BCUT2D eigenvalue weighted by Crippen LogP contribution is -1.91. The predicted molar refractivity (Wildman–Crippen MR) is 56.3 cm³/mol. The van der Waals surface area contributed by atoms with E-state index >= 15 is 0 Å². The van der Waals surface area contributed by atoms with Crippen molar-refractivity contribution >= 4 is 34.3 Å². The molecule has 0 radical (unpaired) electrons. The van der Waals surface area contributed by atoms with Gasteiger partial charge in [0.2, 0.25) is 0 Å². The molecule has 0 aliphatic rings. The van der Waals surface area contributed by atoms with Gasteiger partial charge in [-0.15, -0.1) is 0 Å². The summed E-state index contributed by atoms with van der Waals surface area (Å²) in [6.07, 6.45) is 1.84. The Morgan fingerprint density at radius 1 is 1.36 bits per heavy atom. The number of nitrogens with zero attached hydrogens (tertiary/aromatic N) is 2. The van der Waals surface area contributed by atoms with E-state index in [0.29, 0.717) is 10.7 Å². The van der Waals surface area contributed by atoms with E-state index < -0.39 is 0 Å². The van der Waals surface area contributed by atoms with Crippen molar-refractivity contribution in [2.45, 2.75) is 5.16 Å². The minimum atomic E-state index is -0.389. The lowest BCUT2D eigenvalue weighted by atomic mass is 10.2. The van der Waals surface area contributed by atoms with E-state index in [1.54, 1.807) is 12.1 Å². The molecule has 0 N–H and O–H groups in total. The van der Waals surface area contributed by atoms with Gasteiger partial charge in [0.05, 0.1) is 10.9 Å². The lowest BCUT2D eigenvalue weighted by Gasteiger charge is -2.02. The highest BCUT2D eigenvalue weighted by atomic mass is 35.5. The fourth-order valence-electron chi connectivity index (χ4n) is 1.17. The highest BCUT2D eigenvalue weighted by Gasteiger charge is 2.08. The van der Waals surface area contributed by atoms with Crippen LogP contribution >= 0.6 is 23.4 Å². The van der Waals surface area contributed by atoms with Gasteiger partial charge in [0.1, 0.15) is 11.0 Å². The van der Waals surface area contributed by atoms with Gasteiger partial charge in [0.15, 0.2) is 5.16 Å². The van der Waals surface area contributed by atoms with Crippen LogP contribution in [0.4, 0.5) is 4.39 Å². The zero-order valence-electron chi connectivity index (χ0n) is 7.29. The summed E-state index contributed by atoms with van der Waals surface area (Å²) >= 11 is 7.22. The zero-order chi connectivity index (χ0) is 10.1. The predicted octanol–water partition coefficient (Wildman–Crippen LogP) is 3.14. The van der Waals surface area contributed by atoms with Crippen molar-refractivity contribution in [3.05, 3.63) is 29.2 Å². The number of benzene rings is 1. The number of thioether (sulfide) groups is 1. The van der Waals surface area contributed by atoms with E-state index in [2.05, 4.69) is 9.97 Å². The number of fused-ring (bicyclic) bond motifs is 1. The molecule has 14 heavy (non-hydrogen) atoms. The second-order valence-corrected chi connectivity index (χ2v) is 3.77. The smallest absolute Gasteiger partial charge is 0.189 e. The molecule has 1 aromatic heterocycles. The van der Waals surface area contributed by atoms with Crippen molar-refractivity contribution in [3.8, 4) is 0 Å². The first-order valence-corrected chi connectivity index (χ1v) is 5.48. The second kappa shape index (κ2) is 3.71. The Kier molecular flexibility index (Phi) is 2.56. The molecule has 0 unspecified atom stereocenters. The van der Waals surface area contributed by atoms with Crippen LogP contribution in [0.15, 0.2) is 23.4 Å². The Labute approximate surface area is 89.5 Å². The first-order valence-electron chi connectivity index (χ1n) is 3.88. The maximum Gasteiger partial charge on any atom is 0.189 e. The zero-order valence-corrected chi connectivity index (χ0v) is 8.86. The molecule has 2 nitrogen and oxygen atoms in total. The summed E-state index contributed by atoms with van der Waals surface area (Å²) in [6.45, 7) is 0. The van der Waals surface area contributed by atoms with Crippen molar-refractivity contribution in [1.82, 2.24) is 9.97 Å². The maximum absolute atomic E-state index is 13.3. The van der Waals surface area contributed by atoms with E-state index in [9.17, 15) is 4.39 Å². The Bertz CT molecular complexity index is 489. The lowest BCUT2D eigenvalue weighted by molar-refractivity contribution is 0.638. The van der Waals surface area contributed by atoms with Gasteiger partial charge in [-0.3, -0.25) is 0 Å². The summed E-state index contributed by atoms with van der Waals surface area (Å²) in [6, 6.07) is 4.66. The quantitative estimate of drug-likeness (QED) is 0.426. The standard InChI is InChI=1S/C9H6ClFN2S/c1-14-9-12-6-4-2-3-5(11)7(6)8(10)13-9/h2-4H,1H3. The van der Waals surface area contributed by atoms with E-state index in [1.807, 2.05) is 6.26 Å². The maximum atomic E-state index is 13.3. The topological polar surface area (TPSA) is 25.8 Å². The second-order valence-electron chi connectivity index (χ2n) is 2.64. The molecule has 0 bridgehead atoms. The van der Waals surface area contributed by atoms with Crippen LogP contribution in [-0.2, 0) is 0 Å². The highest BCUT2D eigenvalue weighted by Crippen LogP contribution is 2.25. The van der Waals surface area contributed by atoms with Gasteiger partial charge < -0.3 is 0 Å². The van der Waals surface area contributed by atoms with Crippen LogP contribution in [0, 0.1) is 5.82 Å². The molecule has 0 saturated heterocycles. The Morgan fingerprint density at radius 3 is 2.86 bits per heavy atom. The molecule has 0 saturated carbocycles. The van der Waals surface area contributed by atoms with Crippen LogP contribution in [0.2, 0.25) is 5.15 Å². The molecule has 2 aromatic rings. The number of rotatable bonds is 1. The minimum absolute atomic E-state index is 0.164. The first-order chi connectivity index (χ1) is 6.72. The molecule has 0 aliphatic heterocycles. The summed E-state index contributed by atoms with van der Waals surface area (Å²) in [5.41, 5.74) is 0.536. The molecule has 0 aliphatic carbocycles. The van der Waals surface area contributed by atoms with Crippen molar-refractivity contribution in [2.75, 3.05) is 6.26 Å². The van der Waals surface area contributed by atoms with E-state index in [4.69, 9.17) is 11.6 Å². The van der Waals surface area contributed by atoms with Crippen LogP contribution in [0.25, 0.3) is 10.9 Å². The first kappa shape index (κ1) is 9.68. The van der Waals surface area contributed by atoms with Crippen molar-refractivity contribution in [1.29, 1.82) is 0 Å². The van der Waals surface area contributed by atoms with Gasteiger partial charge in [0.25, 0.3) is 0 Å². The Morgan fingerprint density at radius 2 is 2.14 bits per heavy atom. The van der Waals surface area contributed by atoms with Crippen LogP contribution in [0.5, 0.6) is 0 Å². The summed E-state index contributed by atoms with van der Waals surface area (Å²) in [7, 11) is 0. The molecule has 0 fully saturated rings. The van der Waals surface area contributed by atoms with Crippen molar-refractivity contribution in [3.63, 3.8) is 0 Å². The minimum Gasteiger partial charge on any atom is -0.222 e. The van der Waals surface area contributed by atoms with Crippen LogP contribution in [-0.4, -0.2) is 16.2 Å². The van der Waals surface area contributed by atoms with Crippen LogP contribution in [0.3, 0.4) is 0 Å². The fourth-order valence-corrected chi connectivity index (χ4v) is 1.86. The molecule has 2 rings (SSSR count).